The van der Waals surface area contributed by atoms with Crippen LogP contribution in [0.5, 0.6) is 5.75 Å². The standard InChI is InChI=1S/C23H21ClN4O2S/c1-27(2)12-17-11-25-18-9-16(7-8-20(18)30-17)28-13-26-19-10-21(31-22(19)23(28)29)14-3-5-15(24)6-4-14/h3-10,13,17,25H,11-12H2,1-2H3. The van der Waals surface area contributed by atoms with E-state index in [0.29, 0.717) is 15.2 Å². The molecular weight excluding hydrogens is 432 g/mol. The van der Waals surface area contributed by atoms with E-state index < -0.39 is 0 Å². The smallest absolute Gasteiger partial charge is 0.275 e. The van der Waals surface area contributed by atoms with E-state index in [1.807, 2.05) is 62.6 Å². The number of nitrogens with one attached hydrogen (secondary N) is 1. The van der Waals surface area contributed by atoms with Crippen LogP contribution in [0.4, 0.5) is 5.69 Å². The number of hydrogen-bond acceptors (Lipinski definition) is 6. The van der Waals surface area contributed by atoms with Gasteiger partial charge in [0.1, 0.15) is 22.9 Å². The van der Waals surface area contributed by atoms with Gasteiger partial charge < -0.3 is 15.0 Å². The van der Waals surface area contributed by atoms with Crippen LogP contribution in [0.3, 0.4) is 0 Å². The van der Waals surface area contributed by atoms with Gasteiger partial charge in [-0.15, -0.1) is 11.3 Å². The summed E-state index contributed by atoms with van der Waals surface area (Å²) in [5.74, 6) is 0.796. The summed E-state index contributed by atoms with van der Waals surface area (Å²) in [6.07, 6.45) is 1.68. The average Bonchev–Trinajstić information content (AvgIpc) is 3.19. The number of benzene rings is 2. The van der Waals surface area contributed by atoms with Gasteiger partial charge in [-0.3, -0.25) is 9.36 Å². The molecule has 158 valence electrons. The fourth-order valence-electron chi connectivity index (χ4n) is 3.72. The van der Waals surface area contributed by atoms with E-state index in [0.717, 1.165) is 40.7 Å². The molecule has 1 aliphatic heterocycles. The number of likely N-dealkylation sites (N-methyl/N-ethyl adjacent to an activating group) is 1. The van der Waals surface area contributed by atoms with Gasteiger partial charge in [-0.1, -0.05) is 23.7 Å². The molecule has 2 aromatic carbocycles. The van der Waals surface area contributed by atoms with Gasteiger partial charge in [0.05, 0.1) is 23.4 Å². The first kappa shape index (κ1) is 20.1. The first-order valence-electron chi connectivity index (χ1n) is 9.95. The van der Waals surface area contributed by atoms with E-state index in [1.165, 1.54) is 11.3 Å². The van der Waals surface area contributed by atoms with Crippen molar-refractivity contribution >= 4 is 38.8 Å². The first-order chi connectivity index (χ1) is 15.0. The van der Waals surface area contributed by atoms with Crippen molar-refractivity contribution in [3.63, 3.8) is 0 Å². The van der Waals surface area contributed by atoms with Crippen LogP contribution in [0.2, 0.25) is 5.02 Å². The minimum Gasteiger partial charge on any atom is -0.485 e. The topological polar surface area (TPSA) is 59.4 Å². The van der Waals surface area contributed by atoms with Crippen LogP contribution in [0.25, 0.3) is 26.3 Å². The number of nitrogens with zero attached hydrogens (tertiary/aromatic N) is 3. The van der Waals surface area contributed by atoms with E-state index >= 15 is 0 Å². The summed E-state index contributed by atoms with van der Waals surface area (Å²) in [4.78, 5) is 20.8. The molecule has 0 saturated heterocycles. The monoisotopic (exact) mass is 452 g/mol. The summed E-state index contributed by atoms with van der Waals surface area (Å²) in [6, 6.07) is 15.3. The highest BCUT2D eigenvalue weighted by Gasteiger charge is 2.21. The Morgan fingerprint density at radius 3 is 2.81 bits per heavy atom. The maximum absolute atomic E-state index is 13.2. The van der Waals surface area contributed by atoms with Crippen molar-refractivity contribution in [3.8, 4) is 21.9 Å². The summed E-state index contributed by atoms with van der Waals surface area (Å²) in [5.41, 5.74) is 3.26. The van der Waals surface area contributed by atoms with E-state index in [9.17, 15) is 4.79 Å². The number of anilines is 1. The number of hydrogen-bond donors (Lipinski definition) is 1. The van der Waals surface area contributed by atoms with Crippen molar-refractivity contribution in [2.75, 3.05) is 32.5 Å². The molecule has 0 spiro atoms. The van der Waals surface area contributed by atoms with Crippen LogP contribution in [0.15, 0.2) is 59.7 Å². The van der Waals surface area contributed by atoms with Crippen LogP contribution < -0.4 is 15.6 Å². The van der Waals surface area contributed by atoms with Crippen molar-refractivity contribution < 1.29 is 4.74 Å². The zero-order valence-electron chi connectivity index (χ0n) is 17.1. The number of ether oxygens (including phenoxy) is 1. The minimum absolute atomic E-state index is 0.0858. The van der Waals surface area contributed by atoms with Crippen LogP contribution >= 0.6 is 22.9 Å². The fourth-order valence-corrected chi connectivity index (χ4v) is 4.89. The van der Waals surface area contributed by atoms with Crippen molar-refractivity contribution in [2.45, 2.75) is 6.10 Å². The maximum Gasteiger partial charge on any atom is 0.275 e. The Morgan fingerprint density at radius 1 is 1.23 bits per heavy atom. The maximum atomic E-state index is 13.2. The van der Waals surface area contributed by atoms with E-state index in [4.69, 9.17) is 16.3 Å². The summed E-state index contributed by atoms with van der Waals surface area (Å²) in [5, 5.41) is 4.10. The molecule has 0 radical (unpaired) electrons. The largest absolute Gasteiger partial charge is 0.485 e. The molecule has 3 heterocycles. The van der Waals surface area contributed by atoms with E-state index in [-0.39, 0.29) is 11.7 Å². The second-order valence-corrected chi connectivity index (χ2v) is 9.30. The van der Waals surface area contributed by atoms with Crippen molar-refractivity contribution in [1.29, 1.82) is 0 Å². The second kappa shape index (κ2) is 8.00. The third kappa shape index (κ3) is 3.92. The lowest BCUT2D eigenvalue weighted by Crippen LogP contribution is -2.39. The highest BCUT2D eigenvalue weighted by Crippen LogP contribution is 2.33. The Hall–Kier alpha value is -2.87. The van der Waals surface area contributed by atoms with E-state index in [1.54, 1.807) is 10.9 Å². The molecule has 0 amide bonds. The number of halogens is 1. The summed E-state index contributed by atoms with van der Waals surface area (Å²) in [7, 11) is 4.06. The fraction of sp³-hybridized carbons (Fsp3) is 0.217. The molecule has 0 aliphatic carbocycles. The van der Waals surface area contributed by atoms with Crippen molar-refractivity contribution in [3.05, 3.63) is 70.2 Å². The highest BCUT2D eigenvalue weighted by atomic mass is 35.5. The summed E-state index contributed by atoms with van der Waals surface area (Å²) < 4.78 is 8.29. The molecule has 31 heavy (non-hydrogen) atoms. The van der Waals surface area contributed by atoms with Crippen molar-refractivity contribution in [1.82, 2.24) is 14.5 Å². The minimum atomic E-state index is -0.0858. The van der Waals surface area contributed by atoms with Gasteiger partial charge in [-0.05, 0) is 56.1 Å². The molecule has 1 unspecified atom stereocenters. The predicted molar refractivity (Wildman–Crippen MR) is 127 cm³/mol. The normalized spacial score (nSPS) is 15.5. The third-order valence-corrected chi connectivity index (χ3v) is 6.60. The summed E-state index contributed by atoms with van der Waals surface area (Å²) in [6.45, 7) is 1.55. The molecule has 0 saturated carbocycles. The molecule has 5 rings (SSSR count). The SMILES string of the molecule is CN(C)CC1CNc2cc(-n3cnc4cc(-c5ccc(Cl)cc5)sc4c3=O)ccc2O1. The van der Waals surface area contributed by atoms with Crippen molar-refractivity contribution in [2.24, 2.45) is 0 Å². The highest BCUT2D eigenvalue weighted by molar-refractivity contribution is 7.22. The lowest BCUT2D eigenvalue weighted by Gasteiger charge is -2.29. The number of aromatic nitrogens is 2. The summed E-state index contributed by atoms with van der Waals surface area (Å²) >= 11 is 7.44. The Bertz CT molecular complexity index is 1310. The molecule has 1 atom stereocenters. The van der Waals surface area contributed by atoms with Crippen LogP contribution in [-0.2, 0) is 0 Å². The third-order valence-electron chi connectivity index (χ3n) is 5.19. The molecule has 8 heteroatoms. The molecule has 1 aliphatic rings. The van der Waals surface area contributed by atoms with Gasteiger partial charge in [0.15, 0.2) is 0 Å². The van der Waals surface area contributed by atoms with Crippen LogP contribution in [-0.4, -0.2) is 47.7 Å². The lowest BCUT2D eigenvalue weighted by molar-refractivity contribution is 0.164. The van der Waals surface area contributed by atoms with Gasteiger partial charge in [-0.2, -0.15) is 0 Å². The lowest BCUT2D eigenvalue weighted by atomic mass is 10.2. The molecule has 0 bridgehead atoms. The van der Waals surface area contributed by atoms with Gasteiger partial charge >= 0.3 is 0 Å². The molecule has 2 aromatic heterocycles. The Labute approximate surface area is 188 Å². The molecule has 4 aromatic rings. The van der Waals surface area contributed by atoms with Crippen LogP contribution in [0.1, 0.15) is 0 Å². The Balaban J connectivity index is 1.49. The van der Waals surface area contributed by atoms with Gasteiger partial charge in [-0.25, -0.2) is 4.98 Å². The van der Waals surface area contributed by atoms with Gasteiger partial charge in [0, 0.05) is 16.4 Å². The number of rotatable bonds is 4. The molecule has 0 fully saturated rings. The Kier molecular flexibility index (Phi) is 5.17. The van der Waals surface area contributed by atoms with Gasteiger partial charge in [0.2, 0.25) is 0 Å². The zero-order valence-corrected chi connectivity index (χ0v) is 18.7. The van der Waals surface area contributed by atoms with E-state index in [2.05, 4.69) is 15.2 Å². The average molecular weight is 453 g/mol. The number of thiophene rings is 1. The predicted octanol–water partition coefficient (Wildman–Crippen LogP) is 4.50. The zero-order chi connectivity index (χ0) is 21.5. The number of fused-ring (bicyclic) bond motifs is 2. The molecule has 1 N–H and O–H groups in total. The first-order valence-corrected chi connectivity index (χ1v) is 11.1. The quantitative estimate of drug-likeness (QED) is 0.494. The Morgan fingerprint density at radius 2 is 2.03 bits per heavy atom. The van der Waals surface area contributed by atoms with Gasteiger partial charge in [0.25, 0.3) is 5.56 Å². The molecular formula is C23H21ClN4O2S. The van der Waals surface area contributed by atoms with Crippen LogP contribution in [0, 0.1) is 0 Å². The second-order valence-electron chi connectivity index (χ2n) is 7.82. The molecule has 6 nitrogen and oxygen atoms in total.